The van der Waals surface area contributed by atoms with Crippen LogP contribution < -0.4 is 4.74 Å². The summed E-state index contributed by atoms with van der Waals surface area (Å²) in [7, 11) is 1.81. The highest BCUT2D eigenvalue weighted by Gasteiger charge is 2.16. The van der Waals surface area contributed by atoms with Crippen LogP contribution in [-0.4, -0.2) is 30.8 Å². The number of benzene rings is 1. The van der Waals surface area contributed by atoms with Crippen LogP contribution in [0.3, 0.4) is 0 Å². The predicted molar refractivity (Wildman–Crippen MR) is 131 cm³/mol. The second-order valence-corrected chi connectivity index (χ2v) is 10.5. The Bertz CT molecular complexity index is 582. The van der Waals surface area contributed by atoms with E-state index >= 15 is 0 Å². The third kappa shape index (κ3) is 10.8. The Balaban J connectivity index is 2.45. The number of ether oxygens (including phenoxy) is 2. The van der Waals surface area contributed by atoms with E-state index in [2.05, 4.69) is 59.9 Å². The fraction of sp³-hybridized carbons (Fsp3) is 0.769. The second-order valence-electron chi connectivity index (χ2n) is 9.48. The number of thioether (sulfide) groups is 1. The summed E-state index contributed by atoms with van der Waals surface area (Å²) in [4.78, 5) is 0. The standard InChI is InChI=1S/C26H46O2S/c1-20(13-10-16-26(5,6)27-7)12-9-14-23(4)28-25-19-21(2)18-22(3)24(25)15-11-17-29-8/h18-20,23H,9-17H2,1-8H3. The highest BCUT2D eigenvalue weighted by Crippen LogP contribution is 2.28. The van der Waals surface area contributed by atoms with Crippen LogP contribution in [0.5, 0.6) is 5.75 Å². The van der Waals surface area contributed by atoms with E-state index < -0.39 is 0 Å². The van der Waals surface area contributed by atoms with Crippen molar-refractivity contribution in [3.05, 3.63) is 28.8 Å². The summed E-state index contributed by atoms with van der Waals surface area (Å²) in [5, 5.41) is 0. The van der Waals surface area contributed by atoms with Gasteiger partial charge in [0.1, 0.15) is 5.75 Å². The minimum atomic E-state index is 0.0154. The van der Waals surface area contributed by atoms with Crippen molar-refractivity contribution in [2.45, 2.75) is 105 Å². The summed E-state index contributed by atoms with van der Waals surface area (Å²) in [6, 6.07) is 4.52. The van der Waals surface area contributed by atoms with Crippen LogP contribution in [0, 0.1) is 19.8 Å². The molecular formula is C26H46O2S. The Morgan fingerprint density at radius 3 is 2.34 bits per heavy atom. The van der Waals surface area contributed by atoms with Crippen LogP contribution in [0.1, 0.15) is 89.3 Å². The van der Waals surface area contributed by atoms with Gasteiger partial charge in [-0.3, -0.25) is 0 Å². The monoisotopic (exact) mass is 422 g/mol. The molecular weight excluding hydrogens is 376 g/mol. The molecule has 0 saturated carbocycles. The van der Waals surface area contributed by atoms with Crippen molar-refractivity contribution in [2.75, 3.05) is 19.1 Å². The zero-order chi connectivity index (χ0) is 21.9. The summed E-state index contributed by atoms with van der Waals surface area (Å²) in [6.45, 7) is 13.4. The van der Waals surface area contributed by atoms with Gasteiger partial charge >= 0.3 is 0 Å². The minimum absolute atomic E-state index is 0.0154. The molecule has 168 valence electrons. The van der Waals surface area contributed by atoms with E-state index in [0.717, 1.165) is 30.9 Å². The fourth-order valence-electron chi connectivity index (χ4n) is 3.93. The van der Waals surface area contributed by atoms with E-state index in [9.17, 15) is 0 Å². The summed E-state index contributed by atoms with van der Waals surface area (Å²) in [5.74, 6) is 3.10. The summed E-state index contributed by atoms with van der Waals surface area (Å²) >= 11 is 1.92. The molecule has 29 heavy (non-hydrogen) atoms. The third-order valence-corrected chi connectivity index (χ3v) is 6.71. The molecule has 0 spiro atoms. The van der Waals surface area contributed by atoms with Crippen molar-refractivity contribution in [2.24, 2.45) is 5.92 Å². The van der Waals surface area contributed by atoms with Crippen molar-refractivity contribution < 1.29 is 9.47 Å². The molecule has 0 aliphatic heterocycles. The molecule has 2 unspecified atom stereocenters. The highest BCUT2D eigenvalue weighted by atomic mass is 32.2. The van der Waals surface area contributed by atoms with E-state index in [1.807, 2.05) is 18.9 Å². The molecule has 0 fully saturated rings. The van der Waals surface area contributed by atoms with Gasteiger partial charge in [-0.2, -0.15) is 11.8 Å². The molecule has 0 aliphatic rings. The first kappa shape index (κ1) is 26.4. The van der Waals surface area contributed by atoms with Crippen LogP contribution in [0.2, 0.25) is 0 Å². The molecule has 2 atom stereocenters. The predicted octanol–water partition coefficient (Wildman–Crippen LogP) is 7.77. The van der Waals surface area contributed by atoms with Crippen LogP contribution in [-0.2, 0) is 11.2 Å². The van der Waals surface area contributed by atoms with Crippen molar-refractivity contribution in [3.8, 4) is 5.75 Å². The van der Waals surface area contributed by atoms with E-state index in [4.69, 9.17) is 9.47 Å². The van der Waals surface area contributed by atoms with E-state index in [1.54, 1.807) is 0 Å². The van der Waals surface area contributed by atoms with E-state index in [0.29, 0.717) is 0 Å². The smallest absolute Gasteiger partial charge is 0.123 e. The zero-order valence-corrected chi connectivity index (χ0v) is 21.2. The van der Waals surface area contributed by atoms with Gasteiger partial charge in [-0.15, -0.1) is 0 Å². The van der Waals surface area contributed by atoms with Gasteiger partial charge in [-0.25, -0.2) is 0 Å². The number of methoxy groups -OCH3 is 1. The van der Waals surface area contributed by atoms with Gasteiger partial charge in [0.15, 0.2) is 0 Å². The number of hydrogen-bond acceptors (Lipinski definition) is 3. The first-order chi connectivity index (χ1) is 13.7. The van der Waals surface area contributed by atoms with Gasteiger partial charge in [0.2, 0.25) is 0 Å². The van der Waals surface area contributed by atoms with Crippen molar-refractivity contribution in [1.29, 1.82) is 0 Å². The van der Waals surface area contributed by atoms with Gasteiger partial charge < -0.3 is 9.47 Å². The van der Waals surface area contributed by atoms with Crippen LogP contribution in [0.25, 0.3) is 0 Å². The Morgan fingerprint density at radius 2 is 1.69 bits per heavy atom. The topological polar surface area (TPSA) is 18.5 Å². The Kier molecular flexibility index (Phi) is 12.4. The molecule has 0 N–H and O–H groups in total. The molecule has 0 bridgehead atoms. The molecule has 3 heteroatoms. The van der Waals surface area contributed by atoms with Gasteiger partial charge in [0, 0.05) is 7.11 Å². The molecule has 0 radical (unpaired) electrons. The second kappa shape index (κ2) is 13.6. The molecule has 0 amide bonds. The maximum Gasteiger partial charge on any atom is 0.123 e. The van der Waals surface area contributed by atoms with Gasteiger partial charge in [-0.1, -0.05) is 32.3 Å². The number of hydrogen-bond donors (Lipinski definition) is 0. The third-order valence-electron chi connectivity index (χ3n) is 6.02. The zero-order valence-electron chi connectivity index (χ0n) is 20.4. The average Bonchev–Trinajstić information content (AvgIpc) is 2.63. The lowest BCUT2D eigenvalue weighted by Crippen LogP contribution is -2.22. The quantitative estimate of drug-likeness (QED) is 0.269. The summed E-state index contributed by atoms with van der Waals surface area (Å²) < 4.78 is 12.0. The molecule has 1 aromatic rings. The SMILES string of the molecule is COC(C)(C)CCCC(C)CCCC(C)Oc1cc(C)cc(C)c1CCCSC. The van der Waals surface area contributed by atoms with Gasteiger partial charge in [-0.05, 0) is 107 Å². The Labute approximate surface area is 185 Å². The van der Waals surface area contributed by atoms with Gasteiger partial charge in [0.05, 0.1) is 11.7 Å². The van der Waals surface area contributed by atoms with Crippen molar-refractivity contribution in [1.82, 2.24) is 0 Å². The lowest BCUT2D eigenvalue weighted by Gasteiger charge is -2.23. The molecule has 2 nitrogen and oxygen atoms in total. The van der Waals surface area contributed by atoms with Crippen LogP contribution in [0.15, 0.2) is 12.1 Å². The lowest BCUT2D eigenvalue weighted by atomic mass is 9.93. The normalized spacial score (nSPS) is 14.1. The lowest BCUT2D eigenvalue weighted by molar-refractivity contribution is 0.0127. The first-order valence-electron chi connectivity index (χ1n) is 11.5. The first-order valence-corrected chi connectivity index (χ1v) is 12.9. The van der Waals surface area contributed by atoms with Crippen molar-refractivity contribution >= 4 is 11.8 Å². The molecule has 1 rings (SSSR count). The van der Waals surface area contributed by atoms with Crippen LogP contribution >= 0.6 is 11.8 Å². The van der Waals surface area contributed by atoms with E-state index in [1.165, 1.54) is 54.5 Å². The number of rotatable bonds is 15. The minimum Gasteiger partial charge on any atom is -0.490 e. The average molecular weight is 423 g/mol. The molecule has 0 aromatic heterocycles. The molecule has 0 aliphatic carbocycles. The van der Waals surface area contributed by atoms with Crippen molar-refractivity contribution in [3.63, 3.8) is 0 Å². The van der Waals surface area contributed by atoms with E-state index in [-0.39, 0.29) is 11.7 Å². The highest BCUT2D eigenvalue weighted by molar-refractivity contribution is 7.98. The summed E-state index contributed by atoms with van der Waals surface area (Å²) in [6.07, 6.45) is 12.1. The Morgan fingerprint density at radius 1 is 1.00 bits per heavy atom. The van der Waals surface area contributed by atoms with Crippen LogP contribution in [0.4, 0.5) is 0 Å². The largest absolute Gasteiger partial charge is 0.490 e. The number of aryl methyl sites for hydroxylation is 2. The maximum atomic E-state index is 6.44. The fourth-order valence-corrected chi connectivity index (χ4v) is 4.36. The molecule has 0 heterocycles. The summed E-state index contributed by atoms with van der Waals surface area (Å²) in [5.41, 5.74) is 4.10. The molecule has 1 aromatic carbocycles. The Hall–Kier alpha value is -0.670. The van der Waals surface area contributed by atoms with Gasteiger partial charge in [0.25, 0.3) is 0 Å². The maximum absolute atomic E-state index is 6.44. The molecule has 0 saturated heterocycles.